The molecule has 0 atom stereocenters. The number of nitrogens with one attached hydrogen (secondary N) is 1. The normalized spacial score (nSPS) is 15.8. The Morgan fingerprint density at radius 2 is 1.90 bits per heavy atom. The van der Waals surface area contributed by atoms with Crippen molar-refractivity contribution in [2.75, 3.05) is 18.9 Å². The smallest absolute Gasteiger partial charge is 0.183 e. The largest absolute Gasteiger partial charge is 0.489 e. The molecular weight excluding hydrogens is 384 g/mol. The lowest BCUT2D eigenvalue weighted by molar-refractivity contribution is 0.153. The molecule has 1 aliphatic rings. The first-order valence-electron chi connectivity index (χ1n) is 10.1. The van der Waals surface area contributed by atoms with Crippen molar-refractivity contribution in [1.82, 2.24) is 15.0 Å². The van der Waals surface area contributed by atoms with Gasteiger partial charge in [0.25, 0.3) is 0 Å². The average molecular weight is 417 g/mol. The molecule has 1 fully saturated rings. The van der Waals surface area contributed by atoms with Crippen LogP contribution in [0, 0.1) is 20.8 Å². The van der Waals surface area contributed by atoms with Gasteiger partial charge in [0, 0.05) is 11.9 Å². The van der Waals surface area contributed by atoms with Crippen molar-refractivity contribution >= 4 is 22.2 Å². The van der Waals surface area contributed by atoms with E-state index in [-0.39, 0.29) is 0 Å². The zero-order valence-electron chi connectivity index (χ0n) is 17.8. The molecule has 0 saturated heterocycles. The fourth-order valence-corrected chi connectivity index (χ4v) is 4.26. The van der Waals surface area contributed by atoms with E-state index in [1.54, 1.807) is 18.4 Å². The van der Waals surface area contributed by atoms with Crippen molar-refractivity contribution < 1.29 is 4.74 Å². The summed E-state index contributed by atoms with van der Waals surface area (Å²) in [4.78, 5) is 10.4. The Morgan fingerprint density at radius 3 is 2.48 bits per heavy atom. The highest BCUT2D eigenvalue weighted by Crippen LogP contribution is 2.27. The number of aromatic nitrogens is 2. The average Bonchev–Trinajstić information content (AvgIpc) is 3.01. The van der Waals surface area contributed by atoms with Gasteiger partial charge in [-0.15, -0.1) is 11.3 Å². The minimum atomic E-state index is 0.295. The Balaban J connectivity index is 1.75. The van der Waals surface area contributed by atoms with Crippen molar-refractivity contribution in [1.29, 1.82) is 0 Å². The second-order valence-electron chi connectivity index (χ2n) is 7.64. The topological polar surface area (TPSA) is 102 Å². The first-order chi connectivity index (χ1) is 13.8. The van der Waals surface area contributed by atoms with Crippen LogP contribution in [0.25, 0.3) is 5.70 Å². The lowest BCUT2D eigenvalue weighted by atomic mass is 9.98. The van der Waals surface area contributed by atoms with Gasteiger partial charge in [-0.2, -0.15) is 0 Å². The van der Waals surface area contributed by atoms with Crippen LogP contribution in [0.1, 0.15) is 54.1 Å². The summed E-state index contributed by atoms with van der Waals surface area (Å²) in [6, 6.07) is 3.87. The maximum absolute atomic E-state index is 6.44. The fraction of sp³-hybridized carbons (Fsp3) is 0.524. The molecule has 5 N–H and O–H groups in total. The number of nitrogens with zero attached hydrogens (tertiary/aromatic N) is 3. The summed E-state index contributed by atoms with van der Waals surface area (Å²) in [5.74, 6) is 6.89. The van der Waals surface area contributed by atoms with Gasteiger partial charge >= 0.3 is 0 Å². The number of thiazole rings is 1. The second-order valence-corrected chi connectivity index (χ2v) is 8.85. The van der Waals surface area contributed by atoms with Crippen LogP contribution in [0.4, 0.5) is 5.13 Å². The van der Waals surface area contributed by atoms with E-state index < -0.39 is 0 Å². The number of ether oxygens (including phenoxy) is 1. The van der Waals surface area contributed by atoms with Gasteiger partial charge in [0.15, 0.2) is 5.13 Å². The number of nitrogens with two attached hydrogens (primary N) is 2. The molecule has 29 heavy (non-hydrogen) atoms. The van der Waals surface area contributed by atoms with Gasteiger partial charge in [-0.25, -0.2) is 15.8 Å². The minimum absolute atomic E-state index is 0.295. The maximum atomic E-state index is 6.44. The number of aryl methyl sites for hydroxylation is 3. The van der Waals surface area contributed by atoms with Crippen LogP contribution < -0.4 is 21.6 Å². The van der Waals surface area contributed by atoms with Crippen LogP contribution in [0.3, 0.4) is 0 Å². The van der Waals surface area contributed by atoms with Gasteiger partial charge in [-0.05, 0) is 58.6 Å². The molecule has 0 amide bonds. The number of pyridine rings is 1. The molecule has 158 valence electrons. The molecule has 8 heteroatoms. The van der Waals surface area contributed by atoms with E-state index in [0.717, 1.165) is 40.8 Å². The van der Waals surface area contributed by atoms with Gasteiger partial charge < -0.3 is 20.8 Å². The molecule has 0 spiro atoms. The van der Waals surface area contributed by atoms with Crippen LogP contribution >= 0.6 is 11.3 Å². The van der Waals surface area contributed by atoms with Crippen LogP contribution in [0.2, 0.25) is 0 Å². The molecule has 0 bridgehead atoms. The summed E-state index contributed by atoms with van der Waals surface area (Å²) in [5.41, 5.74) is 10.3. The summed E-state index contributed by atoms with van der Waals surface area (Å²) in [6.07, 6.45) is 6.31. The van der Waals surface area contributed by atoms with Crippen LogP contribution in [0.5, 0.6) is 5.75 Å². The molecule has 0 radical (unpaired) electrons. The highest BCUT2D eigenvalue weighted by Gasteiger charge is 2.17. The van der Waals surface area contributed by atoms with E-state index in [1.807, 2.05) is 26.0 Å². The summed E-state index contributed by atoms with van der Waals surface area (Å²) in [7, 11) is 1.77. The molecule has 7 nitrogen and oxygen atoms in total. The van der Waals surface area contributed by atoms with E-state index in [4.69, 9.17) is 16.3 Å². The zero-order chi connectivity index (χ0) is 21.0. The lowest BCUT2D eigenvalue weighted by Gasteiger charge is -2.24. The number of hydrogen-bond acceptors (Lipinski definition) is 8. The van der Waals surface area contributed by atoms with Crippen molar-refractivity contribution in [3.8, 4) is 5.75 Å². The van der Waals surface area contributed by atoms with Gasteiger partial charge in [0.2, 0.25) is 0 Å². The Morgan fingerprint density at radius 1 is 1.17 bits per heavy atom. The fourth-order valence-electron chi connectivity index (χ4n) is 3.45. The predicted molar refractivity (Wildman–Crippen MR) is 120 cm³/mol. The molecule has 2 aromatic heterocycles. The first-order valence-corrected chi connectivity index (χ1v) is 11.0. The molecule has 2 heterocycles. The van der Waals surface area contributed by atoms with E-state index >= 15 is 0 Å². The van der Waals surface area contributed by atoms with Crippen LogP contribution in [0.15, 0.2) is 17.8 Å². The van der Waals surface area contributed by atoms with Gasteiger partial charge in [-0.3, -0.25) is 0 Å². The SMILES string of the molecule is Cc1nc(/C(N)=C(\CNc2nc(C)c(C)s2)N(C)N)ccc1OC1CCCCC1. The third-order valence-corrected chi connectivity index (χ3v) is 6.36. The third-order valence-electron chi connectivity index (χ3n) is 5.33. The summed E-state index contributed by atoms with van der Waals surface area (Å²) >= 11 is 1.62. The molecule has 0 aliphatic heterocycles. The molecule has 0 unspecified atom stereocenters. The zero-order valence-corrected chi connectivity index (χ0v) is 18.6. The third kappa shape index (κ3) is 5.39. The summed E-state index contributed by atoms with van der Waals surface area (Å²) in [5, 5.41) is 5.70. The Bertz CT molecular complexity index is 851. The molecule has 0 aromatic carbocycles. The number of hydrazine groups is 1. The maximum Gasteiger partial charge on any atom is 0.183 e. The quantitative estimate of drug-likeness (QED) is 0.467. The first kappa shape index (κ1) is 21.4. The monoisotopic (exact) mass is 416 g/mol. The van der Waals surface area contributed by atoms with E-state index in [1.165, 1.54) is 29.1 Å². The van der Waals surface area contributed by atoms with Crippen LogP contribution in [-0.2, 0) is 0 Å². The summed E-state index contributed by atoms with van der Waals surface area (Å²) in [6.45, 7) is 6.48. The molecule has 1 aliphatic carbocycles. The second kappa shape index (κ2) is 9.45. The summed E-state index contributed by atoms with van der Waals surface area (Å²) < 4.78 is 6.17. The van der Waals surface area contributed by atoms with Crippen LogP contribution in [-0.4, -0.2) is 34.7 Å². The standard InChI is InChI=1S/C21H32N6OS/c1-13-15(3)29-21(26-13)24-12-18(27(4)23)20(22)17-10-11-19(14(2)25-17)28-16-8-6-5-7-9-16/h10-11,16H,5-9,12,22-23H2,1-4H3,(H,24,26)/b20-18-. The van der Waals surface area contributed by atoms with Crippen molar-refractivity contribution in [3.63, 3.8) is 0 Å². The number of rotatable bonds is 7. The molecular formula is C21H32N6OS. The Kier molecular flexibility index (Phi) is 6.97. The van der Waals surface area contributed by atoms with E-state index in [0.29, 0.717) is 24.0 Å². The van der Waals surface area contributed by atoms with Gasteiger partial charge in [0.1, 0.15) is 5.75 Å². The number of hydrogen-bond donors (Lipinski definition) is 3. The Hall–Kier alpha value is -2.32. The highest BCUT2D eigenvalue weighted by atomic mass is 32.1. The van der Waals surface area contributed by atoms with Crippen molar-refractivity contribution in [3.05, 3.63) is 39.8 Å². The lowest BCUT2D eigenvalue weighted by Crippen LogP contribution is -2.32. The number of anilines is 1. The van der Waals surface area contributed by atoms with E-state index in [2.05, 4.69) is 22.2 Å². The van der Waals surface area contributed by atoms with Gasteiger partial charge in [-0.1, -0.05) is 6.42 Å². The highest BCUT2D eigenvalue weighted by molar-refractivity contribution is 7.15. The predicted octanol–water partition coefficient (Wildman–Crippen LogP) is 3.72. The van der Waals surface area contributed by atoms with E-state index in [9.17, 15) is 0 Å². The minimum Gasteiger partial charge on any atom is -0.489 e. The molecule has 2 aromatic rings. The Labute approximate surface area is 177 Å². The number of likely N-dealkylation sites (N-methyl/N-ethyl adjacent to an activating group) is 1. The van der Waals surface area contributed by atoms with Gasteiger partial charge in [0.05, 0.1) is 41.1 Å². The molecule has 1 saturated carbocycles. The van der Waals surface area contributed by atoms with Crippen molar-refractivity contribution in [2.45, 2.75) is 59.0 Å². The molecule has 3 rings (SSSR count). The van der Waals surface area contributed by atoms with Crippen molar-refractivity contribution in [2.24, 2.45) is 11.6 Å².